The highest BCUT2D eigenvalue weighted by Crippen LogP contribution is 2.38. The van der Waals surface area contributed by atoms with Gasteiger partial charge in [0, 0.05) is 12.6 Å². The van der Waals surface area contributed by atoms with Gasteiger partial charge in [0.1, 0.15) is 0 Å². The molecule has 1 aliphatic carbocycles. The zero-order valence-electron chi connectivity index (χ0n) is 9.19. The first-order valence-corrected chi connectivity index (χ1v) is 5.64. The molecule has 0 aromatic heterocycles. The van der Waals surface area contributed by atoms with Crippen LogP contribution in [0.1, 0.15) is 40.2 Å². The van der Waals surface area contributed by atoms with Gasteiger partial charge in [-0.2, -0.15) is 0 Å². The Morgan fingerprint density at radius 3 is 2.94 bits per heavy atom. The Bertz CT molecular complexity index is 493. The average Bonchev–Trinajstić information content (AvgIpc) is 2.33. The normalized spacial score (nSPS) is 23.3. The molecular formula is C13H13NO2. The largest absolute Gasteiger partial charge is 0.281 e. The second-order valence-corrected chi connectivity index (χ2v) is 4.53. The van der Waals surface area contributed by atoms with Crippen molar-refractivity contribution in [3.8, 4) is 0 Å². The Morgan fingerprint density at radius 1 is 1.31 bits per heavy atom. The van der Waals surface area contributed by atoms with Crippen LogP contribution in [0.4, 0.5) is 0 Å². The fourth-order valence-electron chi connectivity index (χ4n) is 2.83. The Morgan fingerprint density at radius 2 is 2.12 bits per heavy atom. The summed E-state index contributed by atoms with van der Waals surface area (Å²) in [6.45, 7) is 0. The van der Waals surface area contributed by atoms with E-state index in [0.717, 1.165) is 30.4 Å². The Hall–Kier alpha value is -1.64. The molecule has 1 aromatic carbocycles. The summed E-state index contributed by atoms with van der Waals surface area (Å²) in [7, 11) is 1.58. The van der Waals surface area contributed by atoms with Gasteiger partial charge in [0.05, 0.1) is 5.92 Å². The molecule has 1 unspecified atom stereocenters. The number of hydrogen-bond acceptors (Lipinski definition) is 2. The Kier molecular flexibility index (Phi) is 1.90. The van der Waals surface area contributed by atoms with Crippen molar-refractivity contribution in [2.75, 3.05) is 7.05 Å². The van der Waals surface area contributed by atoms with E-state index in [1.54, 1.807) is 7.05 Å². The third kappa shape index (κ3) is 1.08. The van der Waals surface area contributed by atoms with Crippen LogP contribution in [0.3, 0.4) is 0 Å². The Balaban J connectivity index is 2.28. The number of amides is 2. The van der Waals surface area contributed by atoms with Crippen molar-refractivity contribution in [1.82, 2.24) is 4.90 Å². The van der Waals surface area contributed by atoms with E-state index >= 15 is 0 Å². The zero-order valence-corrected chi connectivity index (χ0v) is 9.19. The first-order chi connectivity index (χ1) is 7.70. The van der Waals surface area contributed by atoms with E-state index in [0.29, 0.717) is 0 Å². The molecule has 3 rings (SSSR count). The molecule has 1 aliphatic heterocycles. The number of imide groups is 1. The lowest BCUT2D eigenvalue weighted by Crippen LogP contribution is -2.43. The summed E-state index contributed by atoms with van der Waals surface area (Å²) in [5, 5.41) is 0. The van der Waals surface area contributed by atoms with Gasteiger partial charge in [-0.1, -0.05) is 12.1 Å². The van der Waals surface area contributed by atoms with Crippen molar-refractivity contribution in [2.45, 2.75) is 25.2 Å². The highest BCUT2D eigenvalue weighted by molar-refractivity contribution is 6.11. The van der Waals surface area contributed by atoms with Crippen molar-refractivity contribution in [1.29, 1.82) is 0 Å². The first kappa shape index (κ1) is 9.58. The van der Waals surface area contributed by atoms with E-state index in [-0.39, 0.29) is 17.7 Å². The summed E-state index contributed by atoms with van der Waals surface area (Å²) >= 11 is 0. The molecule has 0 bridgehead atoms. The summed E-state index contributed by atoms with van der Waals surface area (Å²) in [6, 6.07) is 5.79. The van der Waals surface area contributed by atoms with Gasteiger partial charge >= 0.3 is 0 Å². The highest BCUT2D eigenvalue weighted by Gasteiger charge is 2.39. The summed E-state index contributed by atoms with van der Waals surface area (Å²) < 4.78 is 0. The maximum absolute atomic E-state index is 12.0. The van der Waals surface area contributed by atoms with Gasteiger partial charge in [-0.3, -0.25) is 14.5 Å². The molecule has 1 heterocycles. The third-order valence-corrected chi connectivity index (χ3v) is 3.65. The molecule has 0 spiro atoms. The van der Waals surface area contributed by atoms with Crippen molar-refractivity contribution in [3.63, 3.8) is 0 Å². The van der Waals surface area contributed by atoms with Crippen LogP contribution < -0.4 is 0 Å². The second-order valence-electron chi connectivity index (χ2n) is 4.53. The maximum atomic E-state index is 12.0. The van der Waals surface area contributed by atoms with Crippen LogP contribution >= 0.6 is 0 Å². The molecule has 0 N–H and O–H groups in total. The number of aryl methyl sites for hydroxylation is 1. The van der Waals surface area contributed by atoms with Gasteiger partial charge in [-0.05, 0) is 36.5 Å². The molecule has 82 valence electrons. The average molecular weight is 215 g/mol. The van der Waals surface area contributed by atoms with Gasteiger partial charge in [-0.25, -0.2) is 0 Å². The topological polar surface area (TPSA) is 37.4 Å². The van der Waals surface area contributed by atoms with Crippen molar-refractivity contribution in [3.05, 3.63) is 34.9 Å². The van der Waals surface area contributed by atoms with Crippen molar-refractivity contribution in [2.24, 2.45) is 0 Å². The standard InChI is InChI=1S/C13H13NO2/c1-14-12(15)9-6-2-4-8-5-3-7-10(11(8)9)13(14)16/h2,4,6,10H,3,5,7H2,1H3. The van der Waals surface area contributed by atoms with E-state index < -0.39 is 0 Å². The second kappa shape index (κ2) is 3.17. The molecule has 0 saturated heterocycles. The van der Waals surface area contributed by atoms with Crippen LogP contribution in [0.2, 0.25) is 0 Å². The molecule has 3 nitrogen and oxygen atoms in total. The van der Waals surface area contributed by atoms with Crippen LogP contribution in [0.15, 0.2) is 18.2 Å². The minimum absolute atomic E-state index is 0.0374. The zero-order chi connectivity index (χ0) is 11.3. The molecule has 16 heavy (non-hydrogen) atoms. The van der Waals surface area contributed by atoms with E-state index in [4.69, 9.17) is 0 Å². The predicted molar refractivity (Wildman–Crippen MR) is 59.2 cm³/mol. The third-order valence-electron chi connectivity index (χ3n) is 3.65. The summed E-state index contributed by atoms with van der Waals surface area (Å²) in [5.74, 6) is -0.271. The molecule has 3 heteroatoms. The van der Waals surface area contributed by atoms with E-state index in [1.165, 1.54) is 10.5 Å². The van der Waals surface area contributed by atoms with Crippen LogP contribution in [0.5, 0.6) is 0 Å². The fourth-order valence-corrected chi connectivity index (χ4v) is 2.83. The van der Waals surface area contributed by atoms with Gasteiger partial charge in [0.2, 0.25) is 5.91 Å². The first-order valence-electron chi connectivity index (χ1n) is 5.64. The highest BCUT2D eigenvalue weighted by atomic mass is 16.2. The molecule has 2 aliphatic rings. The lowest BCUT2D eigenvalue weighted by molar-refractivity contribution is -0.130. The van der Waals surface area contributed by atoms with Gasteiger partial charge in [-0.15, -0.1) is 0 Å². The molecule has 0 fully saturated rings. The van der Waals surface area contributed by atoms with Crippen molar-refractivity contribution >= 4 is 11.8 Å². The summed E-state index contributed by atoms with van der Waals surface area (Å²) in [5.41, 5.74) is 2.91. The number of likely N-dealkylation sites (N-methyl/N-ethyl adjacent to an activating group) is 1. The molecule has 1 aromatic rings. The van der Waals surface area contributed by atoms with Crippen LogP contribution in [0.25, 0.3) is 0 Å². The maximum Gasteiger partial charge on any atom is 0.260 e. The minimum atomic E-state index is -0.153. The van der Waals surface area contributed by atoms with Gasteiger partial charge < -0.3 is 0 Å². The fraction of sp³-hybridized carbons (Fsp3) is 0.385. The van der Waals surface area contributed by atoms with Crippen LogP contribution in [-0.4, -0.2) is 23.8 Å². The number of nitrogens with zero attached hydrogens (tertiary/aromatic N) is 1. The monoisotopic (exact) mass is 215 g/mol. The van der Waals surface area contributed by atoms with E-state index in [9.17, 15) is 9.59 Å². The van der Waals surface area contributed by atoms with Crippen LogP contribution in [-0.2, 0) is 11.2 Å². The molecule has 0 radical (unpaired) electrons. The number of carbonyl (C=O) groups is 2. The molecule has 2 amide bonds. The lowest BCUT2D eigenvalue weighted by atomic mass is 9.77. The summed E-state index contributed by atoms with van der Waals surface area (Å²) in [4.78, 5) is 25.3. The smallest absolute Gasteiger partial charge is 0.260 e. The quantitative estimate of drug-likeness (QED) is 0.618. The SMILES string of the molecule is CN1C(=O)c2cccc3c2C(CCC3)C1=O. The van der Waals surface area contributed by atoms with Crippen molar-refractivity contribution < 1.29 is 9.59 Å². The minimum Gasteiger partial charge on any atom is -0.281 e. The number of benzene rings is 1. The Labute approximate surface area is 94.1 Å². The molecular weight excluding hydrogens is 202 g/mol. The van der Waals surface area contributed by atoms with Gasteiger partial charge in [0.25, 0.3) is 5.91 Å². The van der Waals surface area contributed by atoms with E-state index in [2.05, 4.69) is 0 Å². The van der Waals surface area contributed by atoms with Gasteiger partial charge in [0.15, 0.2) is 0 Å². The van der Waals surface area contributed by atoms with Crippen LogP contribution in [0, 0.1) is 0 Å². The van der Waals surface area contributed by atoms with E-state index in [1.807, 2.05) is 18.2 Å². The number of rotatable bonds is 0. The molecule has 0 saturated carbocycles. The number of hydrogen-bond donors (Lipinski definition) is 0. The lowest BCUT2D eigenvalue weighted by Gasteiger charge is -2.34. The summed E-state index contributed by atoms with van der Waals surface area (Å²) in [6.07, 6.45) is 2.90. The predicted octanol–water partition coefficient (Wildman–Crippen LogP) is 1.72. The molecule has 1 atom stereocenters. The number of carbonyl (C=O) groups excluding carboxylic acids is 2.